The van der Waals surface area contributed by atoms with E-state index in [-0.39, 0.29) is 17.0 Å². The Morgan fingerprint density at radius 3 is 2.68 bits per heavy atom. The molecule has 3 nitrogen and oxygen atoms in total. The summed E-state index contributed by atoms with van der Waals surface area (Å²) in [6.07, 6.45) is 1.83. The first-order chi connectivity index (χ1) is 10.5. The molecule has 1 fully saturated rings. The van der Waals surface area contributed by atoms with Gasteiger partial charge < -0.3 is 0 Å². The molecule has 0 amide bonds. The number of benzene rings is 1. The summed E-state index contributed by atoms with van der Waals surface area (Å²) in [6.45, 7) is 0. The number of halogens is 4. The first kappa shape index (κ1) is 13.6. The number of hydrogen-bond donors (Lipinski definition) is 0. The van der Waals surface area contributed by atoms with Gasteiger partial charge >= 0.3 is 0 Å². The highest BCUT2D eigenvalue weighted by Crippen LogP contribution is 2.55. The molecule has 0 unspecified atom stereocenters. The van der Waals surface area contributed by atoms with Crippen molar-refractivity contribution in [1.29, 1.82) is 0 Å². The second kappa shape index (κ2) is 4.71. The predicted octanol–water partition coefficient (Wildman–Crippen LogP) is 4.07. The Kier molecular flexibility index (Phi) is 2.91. The normalized spacial score (nSPS) is 20.5. The summed E-state index contributed by atoms with van der Waals surface area (Å²) in [4.78, 5) is 4.01. The van der Waals surface area contributed by atoms with Crippen LogP contribution in [0.3, 0.4) is 0 Å². The van der Waals surface area contributed by atoms with Gasteiger partial charge in [-0.25, -0.2) is 13.8 Å². The van der Waals surface area contributed by atoms with E-state index in [1.165, 1.54) is 6.07 Å². The molecule has 1 aliphatic rings. The van der Waals surface area contributed by atoms with Crippen LogP contribution in [0.15, 0.2) is 30.5 Å². The van der Waals surface area contributed by atoms with Crippen molar-refractivity contribution >= 4 is 17.2 Å². The summed E-state index contributed by atoms with van der Waals surface area (Å²) in [5.41, 5.74) is 1.87. The summed E-state index contributed by atoms with van der Waals surface area (Å²) in [5, 5.41) is 4.03. The van der Waals surface area contributed by atoms with Crippen LogP contribution in [0, 0.1) is 17.6 Å². The summed E-state index contributed by atoms with van der Waals surface area (Å²) >= 11 is 5.93. The molecule has 0 bridgehead atoms. The van der Waals surface area contributed by atoms with Gasteiger partial charge in [0.25, 0.3) is 0 Å². The Morgan fingerprint density at radius 1 is 1.09 bits per heavy atom. The van der Waals surface area contributed by atoms with Crippen molar-refractivity contribution in [3.8, 4) is 0 Å². The zero-order valence-corrected chi connectivity index (χ0v) is 11.9. The van der Waals surface area contributed by atoms with E-state index in [4.69, 9.17) is 11.6 Å². The van der Waals surface area contributed by atoms with E-state index in [1.807, 2.05) is 0 Å². The fourth-order valence-electron chi connectivity index (χ4n) is 2.86. The quantitative estimate of drug-likeness (QED) is 0.711. The zero-order valence-electron chi connectivity index (χ0n) is 11.1. The van der Waals surface area contributed by atoms with Crippen LogP contribution in [0.25, 0.3) is 5.65 Å². The second-order valence-electron chi connectivity index (χ2n) is 5.36. The molecule has 0 saturated heterocycles. The molecule has 0 N–H and O–H groups in total. The molecule has 3 aromatic rings. The predicted molar refractivity (Wildman–Crippen MR) is 74.4 cm³/mol. The van der Waals surface area contributed by atoms with Crippen molar-refractivity contribution < 1.29 is 13.2 Å². The van der Waals surface area contributed by atoms with Crippen LogP contribution in [-0.2, 0) is 0 Å². The van der Waals surface area contributed by atoms with E-state index in [0.717, 1.165) is 28.8 Å². The van der Waals surface area contributed by atoms with E-state index >= 15 is 0 Å². The number of hydrogen-bond acceptors (Lipinski definition) is 2. The minimum Gasteiger partial charge on any atom is -0.232 e. The van der Waals surface area contributed by atoms with Gasteiger partial charge in [-0.1, -0.05) is 17.7 Å². The van der Waals surface area contributed by atoms with Gasteiger partial charge in [0.2, 0.25) is 5.95 Å². The molecule has 2 heterocycles. The number of imidazole rings is 1. The van der Waals surface area contributed by atoms with Crippen molar-refractivity contribution in [2.24, 2.45) is 0 Å². The van der Waals surface area contributed by atoms with Crippen molar-refractivity contribution in [1.82, 2.24) is 14.6 Å². The fourth-order valence-corrected chi connectivity index (χ4v) is 3.05. The molecule has 22 heavy (non-hydrogen) atoms. The summed E-state index contributed by atoms with van der Waals surface area (Å²) in [7, 11) is 0. The molecule has 0 aliphatic heterocycles. The fraction of sp³-hybridized carbons (Fsp3) is 0.200. The smallest absolute Gasteiger partial charge is 0.232 e. The number of nitrogens with zero attached hydrogens (tertiary/aromatic N) is 3. The first-order valence-electron chi connectivity index (χ1n) is 6.69. The Labute approximate surface area is 128 Å². The number of aromatic nitrogens is 3. The molecular weight excluding hydrogens is 315 g/mol. The van der Waals surface area contributed by atoms with E-state index in [9.17, 15) is 13.2 Å². The van der Waals surface area contributed by atoms with Crippen LogP contribution in [0.5, 0.6) is 0 Å². The van der Waals surface area contributed by atoms with Gasteiger partial charge in [0.1, 0.15) is 0 Å². The third kappa shape index (κ3) is 2.06. The van der Waals surface area contributed by atoms with Crippen LogP contribution in [0.4, 0.5) is 13.2 Å². The van der Waals surface area contributed by atoms with E-state index in [1.54, 1.807) is 12.1 Å². The third-order valence-corrected chi connectivity index (χ3v) is 4.17. The molecule has 1 saturated carbocycles. The highest BCUT2D eigenvalue weighted by atomic mass is 35.5. The summed E-state index contributed by atoms with van der Waals surface area (Å²) in [6, 6.07) is 5.53. The Bertz CT molecular complexity index is 893. The molecule has 1 aliphatic carbocycles. The van der Waals surface area contributed by atoms with Gasteiger partial charge in [0, 0.05) is 5.56 Å². The molecule has 0 radical (unpaired) electrons. The average Bonchev–Trinajstić information content (AvgIpc) is 3.20. The van der Waals surface area contributed by atoms with Gasteiger partial charge in [0.05, 0.1) is 6.20 Å². The van der Waals surface area contributed by atoms with E-state index < -0.39 is 17.6 Å². The van der Waals surface area contributed by atoms with Crippen molar-refractivity contribution in [2.75, 3.05) is 0 Å². The Hall–Kier alpha value is -2.08. The van der Waals surface area contributed by atoms with Crippen molar-refractivity contribution in [2.45, 2.75) is 18.3 Å². The minimum atomic E-state index is -0.870. The van der Waals surface area contributed by atoms with E-state index in [0.29, 0.717) is 11.2 Å². The van der Waals surface area contributed by atoms with Gasteiger partial charge in [-0.3, -0.25) is 0 Å². The van der Waals surface area contributed by atoms with Crippen LogP contribution in [0.1, 0.15) is 29.4 Å². The minimum absolute atomic E-state index is 0.0367. The Morgan fingerprint density at radius 2 is 1.91 bits per heavy atom. The average molecular weight is 324 g/mol. The van der Waals surface area contributed by atoms with Crippen LogP contribution in [-0.4, -0.2) is 14.6 Å². The monoisotopic (exact) mass is 323 g/mol. The lowest BCUT2D eigenvalue weighted by Crippen LogP contribution is -1.99. The highest BCUT2D eigenvalue weighted by Gasteiger charge is 2.41. The highest BCUT2D eigenvalue weighted by molar-refractivity contribution is 6.29. The maximum Gasteiger partial charge on any atom is 0.234 e. The summed E-state index contributed by atoms with van der Waals surface area (Å²) in [5.74, 6) is -2.26. The SMILES string of the molecule is Fc1ccc([C@H]2C[C@@H]2c2cc(Cl)nn3c(F)cnc23)cc1F. The van der Waals surface area contributed by atoms with Gasteiger partial charge in [-0.15, -0.1) is 0 Å². The second-order valence-corrected chi connectivity index (χ2v) is 5.75. The lowest BCUT2D eigenvalue weighted by atomic mass is 10.1. The topological polar surface area (TPSA) is 30.2 Å². The molecule has 2 atom stereocenters. The number of fused-ring (bicyclic) bond motifs is 1. The maximum atomic E-state index is 13.6. The number of rotatable bonds is 2. The zero-order chi connectivity index (χ0) is 15.4. The molecule has 1 aromatic carbocycles. The molecule has 0 spiro atoms. The molecule has 7 heteroatoms. The first-order valence-corrected chi connectivity index (χ1v) is 7.07. The lowest BCUT2D eigenvalue weighted by Gasteiger charge is -2.05. The molecule has 112 valence electrons. The van der Waals surface area contributed by atoms with Crippen LogP contribution < -0.4 is 0 Å². The van der Waals surface area contributed by atoms with Gasteiger partial charge in [0.15, 0.2) is 22.4 Å². The van der Waals surface area contributed by atoms with Crippen LogP contribution in [0.2, 0.25) is 5.15 Å². The van der Waals surface area contributed by atoms with Crippen molar-refractivity contribution in [3.63, 3.8) is 0 Å². The third-order valence-electron chi connectivity index (χ3n) is 3.99. The largest absolute Gasteiger partial charge is 0.234 e. The van der Waals surface area contributed by atoms with E-state index in [2.05, 4.69) is 10.1 Å². The summed E-state index contributed by atoms with van der Waals surface area (Å²) < 4.78 is 41.0. The maximum absolute atomic E-state index is 13.6. The molecule has 2 aromatic heterocycles. The van der Waals surface area contributed by atoms with Gasteiger partial charge in [-0.2, -0.15) is 14.0 Å². The van der Waals surface area contributed by atoms with Gasteiger partial charge in [-0.05, 0) is 42.0 Å². The van der Waals surface area contributed by atoms with Crippen LogP contribution >= 0.6 is 11.6 Å². The van der Waals surface area contributed by atoms with Crippen molar-refractivity contribution in [3.05, 3.63) is 64.3 Å². The molecular formula is C15H9ClF3N3. The molecule has 4 rings (SSSR count). The standard InChI is InChI=1S/C15H9ClF3N3/c16-13-5-10(15-20-6-14(19)22(15)21-13)9-4-8(9)7-1-2-11(17)12(18)3-7/h1-3,5-6,8-9H,4H2/t8-,9+/m1/s1. The Balaban J connectivity index is 1.74. The lowest BCUT2D eigenvalue weighted by molar-refractivity contribution is 0.507.